The summed E-state index contributed by atoms with van der Waals surface area (Å²) in [4.78, 5) is 27.9. The number of carbonyl (C=O) groups excluding carboxylic acids is 2. The fourth-order valence-electron chi connectivity index (χ4n) is 3.94. The number of aliphatic hydroxyl groups excluding tert-OH is 1. The van der Waals surface area contributed by atoms with Crippen LogP contribution in [0.15, 0.2) is 78.4 Å². The van der Waals surface area contributed by atoms with Crippen molar-refractivity contribution in [3.63, 3.8) is 0 Å². The van der Waals surface area contributed by atoms with Gasteiger partial charge in [0, 0.05) is 16.3 Å². The number of hydrogen-bond donors (Lipinski definition) is 1. The molecule has 0 aliphatic carbocycles. The molecule has 1 N–H and O–H groups in total. The fraction of sp³-hybridized carbons (Fsp3) is 0.185. The molecule has 0 bridgehead atoms. The van der Waals surface area contributed by atoms with Gasteiger partial charge < -0.3 is 14.6 Å². The molecule has 0 aromatic heterocycles. The fourth-order valence-corrected chi connectivity index (χ4v) is 4.13. The second-order valence-corrected chi connectivity index (χ2v) is 8.23. The number of Topliss-reactive ketones (excluding diaryl/α,β-unsaturated/α-hetero) is 1. The Morgan fingerprint density at radius 1 is 1.00 bits per heavy atom. The summed E-state index contributed by atoms with van der Waals surface area (Å²) in [6, 6.07) is 19.7. The van der Waals surface area contributed by atoms with Gasteiger partial charge in [0.1, 0.15) is 17.3 Å². The van der Waals surface area contributed by atoms with Crippen LogP contribution in [0.25, 0.3) is 5.76 Å². The maximum Gasteiger partial charge on any atom is 0.300 e. The van der Waals surface area contributed by atoms with Crippen LogP contribution in [0.3, 0.4) is 0 Å². The van der Waals surface area contributed by atoms with Crippen molar-refractivity contribution < 1.29 is 24.2 Å². The Morgan fingerprint density at radius 3 is 2.41 bits per heavy atom. The highest BCUT2D eigenvalue weighted by atomic mass is 35.5. The van der Waals surface area contributed by atoms with Crippen LogP contribution in [0.4, 0.5) is 5.69 Å². The van der Waals surface area contributed by atoms with Gasteiger partial charge in [-0.1, -0.05) is 42.8 Å². The average molecular weight is 478 g/mol. The van der Waals surface area contributed by atoms with Crippen molar-refractivity contribution in [3.8, 4) is 11.5 Å². The SMILES string of the molecule is CCCOc1cccc(C2/C(=C(/O)c3cccc(Cl)c3)C(=O)C(=O)N2c2ccc(OC)cc2)c1. The standard InChI is InChI=1S/C27H24ClNO5/c1-3-14-34-22-9-5-6-17(16-22)24-23(25(30)18-7-4-8-19(28)15-18)26(31)27(32)29(24)20-10-12-21(33-2)13-11-20/h4-13,15-16,24,30H,3,14H2,1-2H3/b25-23-. The van der Waals surface area contributed by atoms with Gasteiger partial charge in [-0.05, 0) is 60.5 Å². The first-order valence-corrected chi connectivity index (χ1v) is 11.3. The van der Waals surface area contributed by atoms with Gasteiger partial charge in [-0.25, -0.2) is 0 Å². The predicted molar refractivity (Wildman–Crippen MR) is 131 cm³/mol. The Balaban J connectivity index is 1.90. The molecule has 0 spiro atoms. The van der Waals surface area contributed by atoms with Gasteiger partial charge in [-0.3, -0.25) is 14.5 Å². The summed E-state index contributed by atoms with van der Waals surface area (Å²) >= 11 is 6.11. The number of carbonyl (C=O) groups is 2. The minimum Gasteiger partial charge on any atom is -0.507 e. The van der Waals surface area contributed by atoms with Crippen LogP contribution in [0.1, 0.15) is 30.5 Å². The van der Waals surface area contributed by atoms with E-state index in [1.165, 1.54) is 4.90 Å². The van der Waals surface area contributed by atoms with Crippen molar-refractivity contribution in [1.29, 1.82) is 0 Å². The summed E-state index contributed by atoms with van der Waals surface area (Å²) in [6.45, 7) is 2.54. The Labute approximate surface area is 203 Å². The van der Waals surface area contributed by atoms with Gasteiger partial charge in [0.05, 0.1) is 25.3 Å². The lowest BCUT2D eigenvalue weighted by molar-refractivity contribution is -0.132. The van der Waals surface area contributed by atoms with Gasteiger partial charge in [-0.2, -0.15) is 0 Å². The first-order chi connectivity index (χ1) is 16.4. The molecule has 6 nitrogen and oxygen atoms in total. The van der Waals surface area contributed by atoms with Gasteiger partial charge in [0.2, 0.25) is 0 Å². The molecule has 1 heterocycles. The van der Waals surface area contributed by atoms with Crippen molar-refractivity contribution in [3.05, 3.63) is 94.5 Å². The molecule has 1 aliphatic heterocycles. The van der Waals surface area contributed by atoms with E-state index in [1.807, 2.05) is 13.0 Å². The highest BCUT2D eigenvalue weighted by molar-refractivity contribution is 6.51. The van der Waals surface area contributed by atoms with Crippen molar-refractivity contribution in [2.75, 3.05) is 18.6 Å². The third-order valence-electron chi connectivity index (χ3n) is 5.54. The molecule has 0 radical (unpaired) electrons. The van der Waals surface area contributed by atoms with Crippen LogP contribution >= 0.6 is 11.6 Å². The van der Waals surface area contributed by atoms with E-state index < -0.39 is 17.7 Å². The summed E-state index contributed by atoms with van der Waals surface area (Å²) in [7, 11) is 1.55. The van der Waals surface area contributed by atoms with E-state index in [0.29, 0.717) is 39.9 Å². The van der Waals surface area contributed by atoms with E-state index in [2.05, 4.69) is 0 Å². The molecule has 4 rings (SSSR count). The van der Waals surface area contributed by atoms with E-state index in [4.69, 9.17) is 21.1 Å². The molecule has 3 aromatic rings. The maximum absolute atomic E-state index is 13.3. The number of amides is 1. The highest BCUT2D eigenvalue weighted by Gasteiger charge is 2.47. The van der Waals surface area contributed by atoms with Crippen LogP contribution in [-0.2, 0) is 9.59 Å². The van der Waals surface area contributed by atoms with E-state index in [1.54, 1.807) is 73.8 Å². The van der Waals surface area contributed by atoms with Gasteiger partial charge in [0.15, 0.2) is 0 Å². The Hall–Kier alpha value is -3.77. The number of benzene rings is 3. The first-order valence-electron chi connectivity index (χ1n) is 10.9. The first kappa shape index (κ1) is 23.4. The second-order valence-electron chi connectivity index (χ2n) is 7.80. The van der Waals surface area contributed by atoms with Crippen molar-refractivity contribution in [1.82, 2.24) is 0 Å². The minimum atomic E-state index is -0.863. The Morgan fingerprint density at radius 2 is 1.74 bits per heavy atom. The third kappa shape index (κ3) is 4.50. The highest BCUT2D eigenvalue weighted by Crippen LogP contribution is 2.43. The Kier molecular flexibility index (Phi) is 6.89. The maximum atomic E-state index is 13.3. The normalized spacial score (nSPS) is 17.1. The number of rotatable bonds is 7. The van der Waals surface area contributed by atoms with Crippen molar-refractivity contribution in [2.45, 2.75) is 19.4 Å². The van der Waals surface area contributed by atoms with Crippen LogP contribution in [0.2, 0.25) is 5.02 Å². The quantitative estimate of drug-likeness (QED) is 0.266. The number of hydrogen-bond acceptors (Lipinski definition) is 5. The molecular weight excluding hydrogens is 454 g/mol. The second kappa shape index (κ2) is 10.0. The molecule has 1 aliphatic rings. The summed E-state index contributed by atoms with van der Waals surface area (Å²) in [5.74, 6) is -0.577. The van der Waals surface area contributed by atoms with Gasteiger partial charge in [0.25, 0.3) is 11.7 Å². The summed E-state index contributed by atoms with van der Waals surface area (Å²) in [5.41, 5.74) is 1.46. The molecule has 1 saturated heterocycles. The molecule has 1 atom stereocenters. The molecule has 1 unspecified atom stereocenters. The number of anilines is 1. The third-order valence-corrected chi connectivity index (χ3v) is 5.77. The van der Waals surface area contributed by atoms with Crippen LogP contribution in [0.5, 0.6) is 11.5 Å². The summed E-state index contributed by atoms with van der Waals surface area (Å²) in [5, 5.41) is 11.6. The number of methoxy groups -OCH3 is 1. The number of halogens is 1. The summed E-state index contributed by atoms with van der Waals surface area (Å²) in [6.07, 6.45) is 0.837. The molecule has 3 aromatic carbocycles. The predicted octanol–water partition coefficient (Wildman–Crippen LogP) is 5.76. The number of ether oxygens (including phenoxy) is 2. The van der Waals surface area contributed by atoms with E-state index in [9.17, 15) is 14.7 Å². The largest absolute Gasteiger partial charge is 0.507 e. The van der Waals surface area contributed by atoms with Crippen LogP contribution in [0, 0.1) is 0 Å². The topological polar surface area (TPSA) is 76.1 Å². The van der Waals surface area contributed by atoms with Crippen molar-refractivity contribution >= 4 is 34.7 Å². The zero-order chi connectivity index (χ0) is 24.2. The van der Waals surface area contributed by atoms with E-state index in [-0.39, 0.29) is 11.3 Å². The monoisotopic (exact) mass is 477 g/mol. The van der Waals surface area contributed by atoms with E-state index in [0.717, 1.165) is 6.42 Å². The smallest absolute Gasteiger partial charge is 0.300 e. The zero-order valence-corrected chi connectivity index (χ0v) is 19.6. The van der Waals surface area contributed by atoms with E-state index >= 15 is 0 Å². The van der Waals surface area contributed by atoms with Crippen molar-refractivity contribution in [2.24, 2.45) is 0 Å². The molecule has 7 heteroatoms. The molecule has 0 saturated carbocycles. The van der Waals surface area contributed by atoms with Gasteiger partial charge in [-0.15, -0.1) is 0 Å². The molecule has 34 heavy (non-hydrogen) atoms. The van der Waals surface area contributed by atoms with Crippen LogP contribution in [-0.4, -0.2) is 30.5 Å². The lowest BCUT2D eigenvalue weighted by atomic mass is 9.95. The number of ketones is 1. The van der Waals surface area contributed by atoms with Crippen LogP contribution < -0.4 is 14.4 Å². The lowest BCUT2D eigenvalue weighted by Crippen LogP contribution is -2.29. The number of aliphatic hydroxyl groups is 1. The number of nitrogens with zero attached hydrogens (tertiary/aromatic N) is 1. The lowest BCUT2D eigenvalue weighted by Gasteiger charge is -2.26. The minimum absolute atomic E-state index is 0.0178. The molecule has 1 fully saturated rings. The summed E-state index contributed by atoms with van der Waals surface area (Å²) < 4.78 is 11.0. The zero-order valence-electron chi connectivity index (χ0n) is 18.8. The molecular formula is C27H24ClNO5. The molecule has 1 amide bonds. The Bertz CT molecular complexity index is 1250. The van der Waals surface area contributed by atoms with Gasteiger partial charge >= 0.3 is 0 Å². The molecule has 174 valence electrons. The average Bonchev–Trinajstić information content (AvgIpc) is 3.13.